The Kier molecular flexibility index (Phi) is 5.22. The molecule has 1 aliphatic carbocycles. The van der Waals surface area contributed by atoms with Crippen LogP contribution >= 0.6 is 11.8 Å². The van der Waals surface area contributed by atoms with Crippen molar-refractivity contribution in [2.24, 2.45) is 0 Å². The highest BCUT2D eigenvalue weighted by Crippen LogP contribution is 2.31. The molecule has 0 aliphatic heterocycles. The van der Waals surface area contributed by atoms with Crippen molar-refractivity contribution in [1.82, 2.24) is 4.72 Å². The minimum absolute atomic E-state index is 0.0418. The van der Waals surface area contributed by atoms with Crippen molar-refractivity contribution < 1.29 is 8.42 Å². The number of benzene rings is 1. The molecule has 3 N–H and O–H groups in total. The van der Waals surface area contributed by atoms with E-state index in [4.69, 9.17) is 5.73 Å². The lowest BCUT2D eigenvalue weighted by Gasteiger charge is -2.16. The van der Waals surface area contributed by atoms with Crippen LogP contribution in [-0.4, -0.2) is 25.5 Å². The molecule has 2 rings (SSSR count). The lowest BCUT2D eigenvalue weighted by Crippen LogP contribution is -2.33. The lowest BCUT2D eigenvalue weighted by atomic mass is 10.1. The average molecular weight is 329 g/mol. The van der Waals surface area contributed by atoms with Crippen LogP contribution in [0.4, 0.5) is 5.69 Å². The molecule has 0 spiro atoms. The van der Waals surface area contributed by atoms with Crippen molar-refractivity contribution >= 4 is 27.5 Å². The van der Waals surface area contributed by atoms with E-state index in [-0.39, 0.29) is 6.04 Å². The van der Waals surface area contributed by atoms with Crippen LogP contribution in [0.25, 0.3) is 0 Å². The summed E-state index contributed by atoms with van der Waals surface area (Å²) in [6, 6.07) is 3.40. The quantitative estimate of drug-likeness (QED) is 0.815. The Morgan fingerprint density at radius 3 is 2.71 bits per heavy atom. The van der Waals surface area contributed by atoms with Crippen molar-refractivity contribution in [3.8, 4) is 0 Å². The summed E-state index contributed by atoms with van der Waals surface area (Å²) in [7, 11) is -3.50. The van der Waals surface area contributed by atoms with Gasteiger partial charge in [-0.3, -0.25) is 0 Å². The van der Waals surface area contributed by atoms with Gasteiger partial charge >= 0.3 is 0 Å². The highest BCUT2D eigenvalue weighted by Gasteiger charge is 2.29. The van der Waals surface area contributed by atoms with Crippen molar-refractivity contribution in [3.05, 3.63) is 23.3 Å². The number of rotatable bonds is 5. The first kappa shape index (κ1) is 16.6. The van der Waals surface area contributed by atoms with E-state index < -0.39 is 10.0 Å². The maximum Gasteiger partial charge on any atom is 0.241 e. The Bertz CT molecular complexity index is 614. The minimum Gasteiger partial charge on any atom is -0.399 e. The second-order valence-electron chi connectivity index (χ2n) is 5.67. The van der Waals surface area contributed by atoms with Gasteiger partial charge in [0.05, 0.1) is 4.90 Å². The van der Waals surface area contributed by atoms with Crippen LogP contribution in [0.5, 0.6) is 0 Å². The molecule has 2 unspecified atom stereocenters. The highest BCUT2D eigenvalue weighted by molar-refractivity contribution is 7.99. The summed E-state index contributed by atoms with van der Waals surface area (Å²) in [4.78, 5) is 0.312. The summed E-state index contributed by atoms with van der Waals surface area (Å²) in [5.41, 5.74) is 7.97. The zero-order valence-electron chi connectivity index (χ0n) is 12.8. The van der Waals surface area contributed by atoms with E-state index in [9.17, 15) is 8.42 Å². The number of hydrogen-bond donors (Lipinski definition) is 2. The molecule has 0 bridgehead atoms. The van der Waals surface area contributed by atoms with Gasteiger partial charge in [0.25, 0.3) is 0 Å². The fourth-order valence-corrected chi connectivity index (χ4v) is 5.63. The molecule has 21 heavy (non-hydrogen) atoms. The first-order chi connectivity index (χ1) is 9.83. The average Bonchev–Trinajstić information content (AvgIpc) is 2.80. The monoisotopic (exact) mass is 328 g/mol. The van der Waals surface area contributed by atoms with Crippen LogP contribution in [-0.2, 0) is 10.0 Å². The van der Waals surface area contributed by atoms with Crippen molar-refractivity contribution in [2.75, 3.05) is 11.5 Å². The summed E-state index contributed by atoms with van der Waals surface area (Å²) in [5.74, 6) is 1.08. The number of hydrogen-bond acceptors (Lipinski definition) is 4. The Balaban J connectivity index is 2.16. The van der Waals surface area contributed by atoms with E-state index in [0.717, 1.165) is 36.1 Å². The van der Waals surface area contributed by atoms with Crippen LogP contribution in [0, 0.1) is 13.8 Å². The molecule has 1 saturated carbocycles. The van der Waals surface area contributed by atoms with E-state index in [1.54, 1.807) is 12.1 Å². The first-order valence-corrected chi connectivity index (χ1v) is 9.87. The van der Waals surface area contributed by atoms with Crippen molar-refractivity contribution in [1.29, 1.82) is 0 Å². The maximum atomic E-state index is 12.6. The van der Waals surface area contributed by atoms with Crippen molar-refractivity contribution in [3.63, 3.8) is 0 Å². The molecule has 118 valence electrons. The Hall–Kier alpha value is -0.720. The predicted molar refractivity (Wildman–Crippen MR) is 90.2 cm³/mol. The number of nitrogen functional groups attached to an aromatic ring is 1. The van der Waals surface area contributed by atoms with Crippen LogP contribution in [0.15, 0.2) is 17.0 Å². The molecule has 2 atom stereocenters. The Morgan fingerprint density at radius 2 is 2.05 bits per heavy atom. The first-order valence-electron chi connectivity index (χ1n) is 7.34. The van der Waals surface area contributed by atoms with Crippen LogP contribution in [0.3, 0.4) is 0 Å². The fraction of sp³-hybridized carbons (Fsp3) is 0.600. The predicted octanol–water partition coefficient (Wildman–Crippen LogP) is 2.84. The van der Waals surface area contributed by atoms with Crippen LogP contribution in [0.2, 0.25) is 0 Å². The molecular weight excluding hydrogens is 304 g/mol. The van der Waals surface area contributed by atoms with E-state index in [2.05, 4.69) is 11.6 Å². The Morgan fingerprint density at radius 1 is 1.33 bits per heavy atom. The molecule has 0 amide bonds. The van der Waals surface area contributed by atoms with Gasteiger partial charge in [-0.25, -0.2) is 13.1 Å². The molecule has 1 fully saturated rings. The third kappa shape index (κ3) is 3.93. The smallest absolute Gasteiger partial charge is 0.241 e. The van der Waals surface area contributed by atoms with Gasteiger partial charge in [-0.2, -0.15) is 11.8 Å². The van der Waals surface area contributed by atoms with Crippen LogP contribution < -0.4 is 10.5 Å². The zero-order chi connectivity index (χ0) is 15.6. The van der Waals surface area contributed by atoms with E-state index in [1.165, 1.54) is 0 Å². The van der Waals surface area contributed by atoms with Gasteiger partial charge in [-0.15, -0.1) is 0 Å². The number of anilines is 1. The van der Waals surface area contributed by atoms with Gasteiger partial charge in [0.2, 0.25) is 10.0 Å². The second-order valence-corrected chi connectivity index (χ2v) is 8.93. The van der Waals surface area contributed by atoms with Gasteiger partial charge in [0.15, 0.2) is 0 Å². The number of aryl methyl sites for hydroxylation is 1. The molecule has 0 radical (unpaired) electrons. The van der Waals surface area contributed by atoms with E-state index in [1.807, 2.05) is 25.6 Å². The van der Waals surface area contributed by atoms with E-state index in [0.29, 0.717) is 15.8 Å². The number of nitrogens with one attached hydrogen (secondary N) is 1. The largest absolute Gasteiger partial charge is 0.399 e. The Labute approximate surface area is 131 Å². The summed E-state index contributed by atoms with van der Waals surface area (Å²) >= 11 is 1.92. The van der Waals surface area contributed by atoms with Gasteiger partial charge in [0.1, 0.15) is 0 Å². The lowest BCUT2D eigenvalue weighted by molar-refractivity contribution is 0.552. The van der Waals surface area contributed by atoms with Crippen LogP contribution in [0.1, 0.15) is 37.3 Å². The third-order valence-electron chi connectivity index (χ3n) is 4.04. The molecule has 1 aromatic carbocycles. The zero-order valence-corrected chi connectivity index (χ0v) is 14.5. The van der Waals surface area contributed by atoms with Crippen molar-refractivity contribution in [2.45, 2.75) is 56.2 Å². The topological polar surface area (TPSA) is 72.2 Å². The third-order valence-corrected chi connectivity index (χ3v) is 6.92. The highest BCUT2D eigenvalue weighted by atomic mass is 32.2. The number of nitrogens with two attached hydrogens (primary N) is 1. The van der Waals surface area contributed by atoms with Gasteiger partial charge in [0, 0.05) is 17.0 Å². The molecule has 0 heterocycles. The summed E-state index contributed by atoms with van der Waals surface area (Å²) in [5, 5.41) is 0.575. The molecule has 1 aromatic rings. The standard InChI is InChI=1S/C15H24N2O2S2/c1-4-20-14-6-5-13(9-14)17-21(18,19)15-8-12(16)7-10(2)11(15)3/h7-8,13-14,17H,4-6,9,16H2,1-3H3. The van der Waals surface area contributed by atoms with Gasteiger partial charge in [-0.1, -0.05) is 6.92 Å². The van der Waals surface area contributed by atoms with Gasteiger partial charge in [-0.05, 0) is 62.1 Å². The molecular formula is C15H24N2O2S2. The number of sulfonamides is 1. The summed E-state index contributed by atoms with van der Waals surface area (Å²) in [6.45, 7) is 5.85. The van der Waals surface area contributed by atoms with Gasteiger partial charge < -0.3 is 5.73 Å². The molecule has 1 aliphatic rings. The SMILES string of the molecule is CCSC1CCC(NS(=O)(=O)c2cc(N)cc(C)c2C)C1. The summed E-state index contributed by atoms with van der Waals surface area (Å²) in [6.07, 6.45) is 2.91. The van der Waals surface area contributed by atoms with E-state index >= 15 is 0 Å². The normalized spacial score (nSPS) is 22.6. The number of thioether (sulfide) groups is 1. The fourth-order valence-electron chi connectivity index (χ4n) is 2.85. The molecule has 6 heteroatoms. The molecule has 4 nitrogen and oxygen atoms in total. The molecule has 0 aromatic heterocycles. The molecule has 0 saturated heterocycles. The minimum atomic E-state index is -3.50. The summed E-state index contributed by atoms with van der Waals surface area (Å²) < 4.78 is 28.1. The second kappa shape index (κ2) is 6.58. The maximum absolute atomic E-state index is 12.6.